The van der Waals surface area contributed by atoms with Crippen LogP contribution in [0, 0.1) is 12.7 Å². The molecule has 1 fully saturated rings. The van der Waals surface area contributed by atoms with E-state index in [1.807, 2.05) is 12.1 Å². The summed E-state index contributed by atoms with van der Waals surface area (Å²) >= 11 is 0. The Morgan fingerprint density at radius 1 is 0.947 bits per heavy atom. The highest BCUT2D eigenvalue weighted by Gasteiger charge is 2.25. The van der Waals surface area contributed by atoms with Gasteiger partial charge in [-0.15, -0.1) is 0 Å². The lowest BCUT2D eigenvalue weighted by molar-refractivity contribution is 0.553. The maximum Gasteiger partial charge on any atom is 0.123 e. The minimum Gasteiger partial charge on any atom is -0.250 e. The molecule has 0 radical (unpaired) electrons. The topological polar surface area (TPSA) is 24.1 Å². The molecule has 1 saturated heterocycles. The van der Waals surface area contributed by atoms with Crippen LogP contribution in [0.3, 0.4) is 0 Å². The van der Waals surface area contributed by atoms with E-state index < -0.39 is 0 Å². The van der Waals surface area contributed by atoms with E-state index in [0.29, 0.717) is 6.04 Å². The normalized spacial score (nSPS) is 22.6. The van der Waals surface area contributed by atoms with E-state index in [2.05, 4.69) is 42.0 Å². The predicted octanol–water partition coefficient (Wildman–Crippen LogP) is 3.41. The molecular weight excluding hydrogens is 239 g/mol. The highest BCUT2D eigenvalue weighted by atomic mass is 19.1. The maximum atomic E-state index is 12.9. The number of rotatable bonds is 2. The number of halogens is 1. The molecule has 1 aliphatic rings. The summed E-state index contributed by atoms with van der Waals surface area (Å²) in [6, 6.07) is 15.8. The Hall–Kier alpha value is -1.71. The van der Waals surface area contributed by atoms with Crippen molar-refractivity contribution in [2.45, 2.75) is 25.4 Å². The first kappa shape index (κ1) is 12.3. The third-order valence-electron chi connectivity index (χ3n) is 3.62. The van der Waals surface area contributed by atoms with Gasteiger partial charge in [0.1, 0.15) is 5.82 Å². The summed E-state index contributed by atoms with van der Waals surface area (Å²) in [6.45, 7) is 2.10. The summed E-state index contributed by atoms with van der Waals surface area (Å²) in [7, 11) is 0. The fourth-order valence-corrected chi connectivity index (χ4v) is 2.58. The van der Waals surface area contributed by atoms with Crippen LogP contribution in [0.25, 0.3) is 0 Å². The molecule has 0 aromatic heterocycles. The van der Waals surface area contributed by atoms with Crippen LogP contribution in [0.15, 0.2) is 48.5 Å². The molecule has 2 aromatic carbocycles. The molecule has 0 aliphatic carbocycles. The molecular formula is C16H17FN2. The second-order valence-electron chi connectivity index (χ2n) is 5.10. The molecule has 0 spiro atoms. The van der Waals surface area contributed by atoms with Crippen molar-refractivity contribution < 1.29 is 4.39 Å². The fraction of sp³-hybridized carbons (Fsp3) is 0.250. The van der Waals surface area contributed by atoms with Crippen molar-refractivity contribution >= 4 is 0 Å². The number of benzene rings is 2. The van der Waals surface area contributed by atoms with Gasteiger partial charge in [-0.05, 0) is 36.6 Å². The molecule has 98 valence electrons. The number of aryl methyl sites for hydroxylation is 1. The van der Waals surface area contributed by atoms with E-state index in [0.717, 1.165) is 12.0 Å². The first-order valence-corrected chi connectivity index (χ1v) is 6.55. The van der Waals surface area contributed by atoms with Crippen molar-refractivity contribution in [2.75, 3.05) is 0 Å². The van der Waals surface area contributed by atoms with E-state index in [1.54, 1.807) is 0 Å². The maximum absolute atomic E-state index is 12.9. The van der Waals surface area contributed by atoms with Crippen molar-refractivity contribution in [1.82, 2.24) is 10.9 Å². The molecule has 2 aromatic rings. The van der Waals surface area contributed by atoms with Crippen molar-refractivity contribution in [2.24, 2.45) is 0 Å². The Bertz CT molecular complexity index is 565. The van der Waals surface area contributed by atoms with Gasteiger partial charge < -0.3 is 0 Å². The largest absolute Gasteiger partial charge is 0.250 e. The first-order valence-electron chi connectivity index (χ1n) is 6.55. The Morgan fingerprint density at radius 2 is 1.63 bits per heavy atom. The van der Waals surface area contributed by atoms with Gasteiger partial charge in [-0.2, -0.15) is 0 Å². The Kier molecular flexibility index (Phi) is 3.32. The van der Waals surface area contributed by atoms with Gasteiger partial charge in [0.05, 0.1) is 0 Å². The zero-order valence-electron chi connectivity index (χ0n) is 10.9. The van der Waals surface area contributed by atoms with Crippen LogP contribution < -0.4 is 10.9 Å². The Morgan fingerprint density at radius 3 is 2.32 bits per heavy atom. The zero-order valence-corrected chi connectivity index (χ0v) is 10.9. The zero-order chi connectivity index (χ0) is 13.2. The van der Waals surface area contributed by atoms with Gasteiger partial charge in [-0.3, -0.25) is 0 Å². The van der Waals surface area contributed by atoms with Crippen molar-refractivity contribution in [3.05, 3.63) is 71.0 Å². The van der Waals surface area contributed by atoms with Crippen LogP contribution in [-0.4, -0.2) is 0 Å². The summed E-state index contributed by atoms with van der Waals surface area (Å²) in [6.07, 6.45) is 0.967. The number of hydrogen-bond acceptors (Lipinski definition) is 2. The highest BCUT2D eigenvalue weighted by molar-refractivity contribution is 5.28. The monoisotopic (exact) mass is 256 g/mol. The lowest BCUT2D eigenvalue weighted by atomic mass is 9.97. The predicted molar refractivity (Wildman–Crippen MR) is 73.9 cm³/mol. The van der Waals surface area contributed by atoms with Crippen molar-refractivity contribution in [1.29, 1.82) is 0 Å². The average Bonchev–Trinajstić information content (AvgIpc) is 2.89. The van der Waals surface area contributed by atoms with Crippen molar-refractivity contribution in [3.63, 3.8) is 0 Å². The van der Waals surface area contributed by atoms with E-state index in [4.69, 9.17) is 0 Å². The second-order valence-corrected chi connectivity index (χ2v) is 5.10. The van der Waals surface area contributed by atoms with Crippen LogP contribution in [0.2, 0.25) is 0 Å². The Balaban J connectivity index is 1.75. The minimum atomic E-state index is -0.190. The molecule has 0 amide bonds. The van der Waals surface area contributed by atoms with Gasteiger partial charge >= 0.3 is 0 Å². The van der Waals surface area contributed by atoms with E-state index in [1.165, 1.54) is 23.3 Å². The molecule has 3 rings (SSSR count). The molecule has 0 bridgehead atoms. The molecule has 0 saturated carbocycles. The molecule has 2 nitrogen and oxygen atoms in total. The van der Waals surface area contributed by atoms with Crippen LogP contribution in [0.1, 0.15) is 35.2 Å². The average molecular weight is 256 g/mol. The molecule has 2 atom stereocenters. The van der Waals surface area contributed by atoms with Gasteiger partial charge in [0.25, 0.3) is 0 Å². The number of hydrazine groups is 1. The standard InChI is InChI=1S/C16H17FN2/c1-11-3-2-4-13(9-11)16-10-15(18-19-16)12-5-7-14(17)8-6-12/h2-9,15-16,18-19H,10H2,1H3. The summed E-state index contributed by atoms with van der Waals surface area (Å²) < 4.78 is 12.9. The molecule has 3 heteroatoms. The smallest absolute Gasteiger partial charge is 0.123 e. The molecule has 2 N–H and O–H groups in total. The van der Waals surface area contributed by atoms with Gasteiger partial charge in [-0.1, -0.05) is 42.0 Å². The Labute approximate surface area is 112 Å². The van der Waals surface area contributed by atoms with E-state index in [9.17, 15) is 4.39 Å². The van der Waals surface area contributed by atoms with Gasteiger partial charge in [0, 0.05) is 12.1 Å². The van der Waals surface area contributed by atoms with Gasteiger partial charge in [-0.25, -0.2) is 15.2 Å². The number of nitrogens with one attached hydrogen (secondary N) is 2. The minimum absolute atomic E-state index is 0.190. The first-order chi connectivity index (χ1) is 9.22. The van der Waals surface area contributed by atoms with Crippen LogP contribution in [0.4, 0.5) is 4.39 Å². The van der Waals surface area contributed by atoms with Crippen LogP contribution in [-0.2, 0) is 0 Å². The fourth-order valence-electron chi connectivity index (χ4n) is 2.58. The third-order valence-corrected chi connectivity index (χ3v) is 3.62. The summed E-state index contributed by atoms with van der Waals surface area (Å²) in [4.78, 5) is 0. The SMILES string of the molecule is Cc1cccc(C2CC(c3ccc(F)cc3)NN2)c1. The second kappa shape index (κ2) is 5.11. The van der Waals surface area contributed by atoms with Crippen molar-refractivity contribution in [3.8, 4) is 0 Å². The highest BCUT2D eigenvalue weighted by Crippen LogP contribution is 2.30. The molecule has 1 aliphatic heterocycles. The quantitative estimate of drug-likeness (QED) is 0.860. The van der Waals surface area contributed by atoms with Gasteiger partial charge in [0.15, 0.2) is 0 Å². The summed E-state index contributed by atoms with van der Waals surface area (Å²) in [5.41, 5.74) is 10.3. The molecule has 1 heterocycles. The molecule has 19 heavy (non-hydrogen) atoms. The van der Waals surface area contributed by atoms with Crippen LogP contribution in [0.5, 0.6) is 0 Å². The lowest BCUT2D eigenvalue weighted by Crippen LogP contribution is -2.26. The van der Waals surface area contributed by atoms with Crippen LogP contribution >= 0.6 is 0 Å². The summed E-state index contributed by atoms with van der Waals surface area (Å²) in [5, 5.41) is 0. The third kappa shape index (κ3) is 2.67. The number of hydrogen-bond donors (Lipinski definition) is 2. The van der Waals surface area contributed by atoms with E-state index in [-0.39, 0.29) is 11.9 Å². The molecule has 2 unspecified atom stereocenters. The summed E-state index contributed by atoms with van der Waals surface area (Å²) in [5.74, 6) is -0.190. The lowest BCUT2D eigenvalue weighted by Gasteiger charge is -2.10. The van der Waals surface area contributed by atoms with Gasteiger partial charge in [0.2, 0.25) is 0 Å². The van der Waals surface area contributed by atoms with E-state index >= 15 is 0 Å².